The van der Waals surface area contributed by atoms with Gasteiger partial charge in [0.1, 0.15) is 36.5 Å². The zero-order valence-electron chi connectivity index (χ0n) is 16.6. The highest BCUT2D eigenvalue weighted by molar-refractivity contribution is 5.28. The van der Waals surface area contributed by atoms with Gasteiger partial charge >= 0.3 is 0 Å². The lowest BCUT2D eigenvalue weighted by Gasteiger charge is -2.26. The topological polar surface area (TPSA) is 51.7 Å². The van der Waals surface area contributed by atoms with Gasteiger partial charge in [0, 0.05) is 19.9 Å². The van der Waals surface area contributed by atoms with Gasteiger partial charge in [-0.3, -0.25) is 0 Å². The molecule has 1 unspecified atom stereocenters. The maximum absolute atomic E-state index is 10.7. The summed E-state index contributed by atoms with van der Waals surface area (Å²) in [5.74, 6) is 1.93. The third-order valence-electron chi connectivity index (χ3n) is 5.71. The number of methoxy groups -OCH3 is 1. The van der Waals surface area contributed by atoms with Gasteiger partial charge in [0.2, 0.25) is 0 Å². The van der Waals surface area contributed by atoms with Crippen LogP contribution in [0.2, 0.25) is 0 Å². The third-order valence-corrected chi connectivity index (χ3v) is 5.71. The Labute approximate surface area is 166 Å². The minimum absolute atomic E-state index is 0.477. The number of aliphatic hydroxyl groups excluding tert-OH is 1. The van der Waals surface area contributed by atoms with E-state index in [1.807, 2.05) is 30.3 Å². The number of quaternary nitrogens is 1. The van der Waals surface area contributed by atoms with Crippen molar-refractivity contribution in [3.05, 3.63) is 82.9 Å². The zero-order chi connectivity index (χ0) is 19.5. The first kappa shape index (κ1) is 18.7. The Morgan fingerprint density at radius 3 is 2.61 bits per heavy atom. The van der Waals surface area contributed by atoms with E-state index in [1.54, 1.807) is 7.11 Å². The second-order valence-corrected chi connectivity index (χ2v) is 7.56. The lowest BCUT2D eigenvalue weighted by Crippen LogP contribution is -3.12. The summed E-state index contributed by atoms with van der Waals surface area (Å²) in [6, 6.07) is 18.2. The number of benzene rings is 2. The molecular formula is C23H28N3O2+. The molecule has 0 aliphatic carbocycles. The first-order valence-electron chi connectivity index (χ1n) is 9.87. The van der Waals surface area contributed by atoms with Gasteiger partial charge in [0.25, 0.3) is 0 Å². The van der Waals surface area contributed by atoms with Crippen LogP contribution in [0.25, 0.3) is 0 Å². The van der Waals surface area contributed by atoms with Crippen LogP contribution in [-0.4, -0.2) is 34.9 Å². The number of hydrogen-bond donors (Lipinski definition) is 2. The highest BCUT2D eigenvalue weighted by Crippen LogP contribution is 2.18. The van der Waals surface area contributed by atoms with E-state index in [9.17, 15) is 5.11 Å². The number of imidazole rings is 1. The quantitative estimate of drug-likeness (QED) is 0.686. The molecule has 0 fully saturated rings. The van der Waals surface area contributed by atoms with E-state index in [2.05, 4.69) is 35.9 Å². The molecule has 0 saturated carbocycles. The molecule has 1 aliphatic heterocycles. The smallest absolute Gasteiger partial charge is 0.128 e. The number of nitrogens with one attached hydrogen (secondary N) is 1. The molecule has 0 spiro atoms. The number of ether oxygens (including phenoxy) is 1. The van der Waals surface area contributed by atoms with E-state index in [0.29, 0.717) is 6.54 Å². The Hall–Kier alpha value is -2.63. The number of nitrogens with zero attached hydrogens (tertiary/aromatic N) is 2. The number of aromatic nitrogens is 2. The van der Waals surface area contributed by atoms with Gasteiger partial charge in [0.05, 0.1) is 19.3 Å². The predicted octanol–water partition coefficient (Wildman–Crippen LogP) is 1.69. The van der Waals surface area contributed by atoms with Crippen molar-refractivity contribution < 1.29 is 14.7 Å². The first-order valence-corrected chi connectivity index (χ1v) is 9.87. The standard InChI is InChI=1S/C23H27N3O2/c1-25-21-12-13-26(16-22(27)18-8-10-19(28-2)11-9-18)15-20(21)24-23(25)14-17-6-4-3-5-7-17/h3-11,22,27H,12-16H2,1-2H3/p+1/t22-/m1/s1. The van der Waals surface area contributed by atoms with Crippen LogP contribution in [0.5, 0.6) is 5.75 Å². The van der Waals surface area contributed by atoms with Crippen molar-refractivity contribution in [2.45, 2.75) is 25.5 Å². The number of hydrogen-bond acceptors (Lipinski definition) is 3. The third kappa shape index (κ3) is 3.96. The maximum atomic E-state index is 10.7. The van der Waals surface area contributed by atoms with Crippen LogP contribution in [0, 0.1) is 0 Å². The van der Waals surface area contributed by atoms with E-state index < -0.39 is 6.10 Å². The Morgan fingerprint density at radius 2 is 1.89 bits per heavy atom. The summed E-state index contributed by atoms with van der Waals surface area (Å²) in [5, 5.41) is 10.7. The highest BCUT2D eigenvalue weighted by atomic mass is 16.5. The van der Waals surface area contributed by atoms with Crippen molar-refractivity contribution >= 4 is 0 Å². The summed E-state index contributed by atoms with van der Waals surface area (Å²) in [5.41, 5.74) is 4.74. The molecule has 2 atom stereocenters. The van der Waals surface area contributed by atoms with Crippen LogP contribution in [0.1, 0.15) is 34.4 Å². The minimum atomic E-state index is -0.477. The van der Waals surface area contributed by atoms with Gasteiger partial charge in [-0.05, 0) is 23.3 Å². The molecule has 146 valence electrons. The maximum Gasteiger partial charge on any atom is 0.128 e. The minimum Gasteiger partial charge on any atom is -0.497 e. The molecule has 2 aromatic carbocycles. The van der Waals surface area contributed by atoms with Crippen molar-refractivity contribution in [2.75, 3.05) is 20.2 Å². The molecule has 28 heavy (non-hydrogen) atoms. The fraction of sp³-hybridized carbons (Fsp3) is 0.348. The second-order valence-electron chi connectivity index (χ2n) is 7.56. The predicted molar refractivity (Wildman–Crippen MR) is 109 cm³/mol. The van der Waals surface area contributed by atoms with Crippen LogP contribution in [0.4, 0.5) is 0 Å². The zero-order valence-corrected chi connectivity index (χ0v) is 16.6. The molecule has 1 aromatic heterocycles. The molecule has 1 aliphatic rings. The van der Waals surface area contributed by atoms with Crippen LogP contribution in [0.15, 0.2) is 54.6 Å². The van der Waals surface area contributed by atoms with Gasteiger partial charge in [0.15, 0.2) is 0 Å². The lowest BCUT2D eigenvalue weighted by molar-refractivity contribution is -0.920. The van der Waals surface area contributed by atoms with Crippen LogP contribution < -0.4 is 9.64 Å². The lowest BCUT2D eigenvalue weighted by atomic mass is 10.1. The molecule has 5 nitrogen and oxygen atoms in total. The van der Waals surface area contributed by atoms with Gasteiger partial charge in [-0.2, -0.15) is 0 Å². The molecule has 5 heteroatoms. The van der Waals surface area contributed by atoms with Gasteiger partial charge in [-0.25, -0.2) is 4.98 Å². The van der Waals surface area contributed by atoms with E-state index in [-0.39, 0.29) is 0 Å². The Bertz CT molecular complexity index is 919. The molecule has 0 bridgehead atoms. The number of aliphatic hydroxyl groups is 1. The van der Waals surface area contributed by atoms with Gasteiger partial charge in [-0.1, -0.05) is 42.5 Å². The molecule has 2 N–H and O–H groups in total. The van der Waals surface area contributed by atoms with Crippen molar-refractivity contribution in [3.63, 3.8) is 0 Å². The fourth-order valence-corrected chi connectivity index (χ4v) is 4.05. The van der Waals surface area contributed by atoms with Crippen LogP contribution in [0.3, 0.4) is 0 Å². The van der Waals surface area contributed by atoms with E-state index in [0.717, 1.165) is 43.1 Å². The molecule has 0 amide bonds. The summed E-state index contributed by atoms with van der Waals surface area (Å²) in [7, 11) is 3.78. The Morgan fingerprint density at radius 1 is 1.14 bits per heavy atom. The van der Waals surface area contributed by atoms with Crippen molar-refractivity contribution in [1.82, 2.24) is 9.55 Å². The second kappa shape index (κ2) is 8.17. The Balaban J connectivity index is 1.43. The van der Waals surface area contributed by atoms with E-state index in [4.69, 9.17) is 9.72 Å². The van der Waals surface area contributed by atoms with Crippen molar-refractivity contribution in [1.29, 1.82) is 0 Å². The molecule has 2 heterocycles. The average molecular weight is 378 g/mol. The monoisotopic (exact) mass is 378 g/mol. The summed E-state index contributed by atoms with van der Waals surface area (Å²) in [6.45, 7) is 2.58. The molecule has 0 radical (unpaired) electrons. The van der Waals surface area contributed by atoms with Crippen molar-refractivity contribution in [3.8, 4) is 5.75 Å². The SMILES string of the molecule is COc1ccc([C@H](O)C[NH+]2CCc3c(nc(Cc4ccccc4)n3C)C2)cc1. The highest BCUT2D eigenvalue weighted by Gasteiger charge is 2.27. The van der Waals surface area contributed by atoms with Crippen molar-refractivity contribution in [2.24, 2.45) is 7.05 Å². The molecule has 3 aromatic rings. The normalized spacial score (nSPS) is 17.2. The van der Waals surface area contributed by atoms with Gasteiger partial charge in [-0.15, -0.1) is 0 Å². The van der Waals surface area contributed by atoms with Crippen LogP contribution >= 0.6 is 0 Å². The average Bonchev–Trinajstić information content (AvgIpc) is 3.03. The number of fused-ring (bicyclic) bond motifs is 1. The first-order chi connectivity index (χ1) is 13.6. The Kier molecular flexibility index (Phi) is 5.46. The summed E-state index contributed by atoms with van der Waals surface area (Å²) >= 11 is 0. The molecular weight excluding hydrogens is 350 g/mol. The van der Waals surface area contributed by atoms with Gasteiger partial charge < -0.3 is 19.3 Å². The fourth-order valence-electron chi connectivity index (χ4n) is 4.05. The summed E-state index contributed by atoms with van der Waals surface area (Å²) in [4.78, 5) is 6.32. The molecule has 4 rings (SSSR count). The van der Waals surface area contributed by atoms with E-state index in [1.165, 1.54) is 21.9 Å². The molecule has 0 saturated heterocycles. The van der Waals surface area contributed by atoms with E-state index >= 15 is 0 Å². The summed E-state index contributed by atoms with van der Waals surface area (Å²) in [6.07, 6.45) is 1.38. The van der Waals surface area contributed by atoms with Crippen LogP contribution in [-0.2, 0) is 26.4 Å². The largest absolute Gasteiger partial charge is 0.497 e. The number of rotatable bonds is 6. The summed E-state index contributed by atoms with van der Waals surface area (Å²) < 4.78 is 7.46.